The van der Waals surface area contributed by atoms with Gasteiger partial charge in [0.1, 0.15) is 18.5 Å². The van der Waals surface area contributed by atoms with E-state index in [4.69, 9.17) is 30.5 Å². The molecule has 4 atom stereocenters. The predicted molar refractivity (Wildman–Crippen MR) is 146 cm³/mol. The molecule has 0 radical (unpaired) electrons. The number of anilines is 2. The molecule has 0 amide bonds. The summed E-state index contributed by atoms with van der Waals surface area (Å²) in [6.07, 6.45) is 0.891. The topological polar surface area (TPSA) is 135 Å². The summed E-state index contributed by atoms with van der Waals surface area (Å²) in [5.41, 5.74) is 1.66. The van der Waals surface area contributed by atoms with Crippen molar-refractivity contribution in [3.8, 4) is 0 Å². The molecule has 2 aliphatic heterocycles. The molecule has 42 heavy (non-hydrogen) atoms. The molecule has 1 spiro atoms. The van der Waals surface area contributed by atoms with Gasteiger partial charge in [0, 0.05) is 44.0 Å². The van der Waals surface area contributed by atoms with Gasteiger partial charge < -0.3 is 23.8 Å². The van der Waals surface area contributed by atoms with Crippen LogP contribution in [0.5, 0.6) is 0 Å². The number of halogens is 2. The van der Waals surface area contributed by atoms with Crippen LogP contribution in [-0.4, -0.2) is 68.9 Å². The number of rotatable bonds is 6. The fourth-order valence-electron chi connectivity index (χ4n) is 6.55. The van der Waals surface area contributed by atoms with Gasteiger partial charge in [0.15, 0.2) is 35.4 Å². The first-order valence-corrected chi connectivity index (χ1v) is 14.1. The molecule has 0 N–H and O–H groups in total. The molecule has 1 saturated heterocycles. The summed E-state index contributed by atoms with van der Waals surface area (Å²) in [4.78, 5) is 51.1. The van der Waals surface area contributed by atoms with E-state index in [0.717, 1.165) is 25.7 Å². The van der Waals surface area contributed by atoms with Crippen LogP contribution in [0.1, 0.15) is 58.2 Å². The third-order valence-corrected chi connectivity index (χ3v) is 8.25. The minimum absolute atomic E-state index is 0.0837. The summed E-state index contributed by atoms with van der Waals surface area (Å²) < 4.78 is 39.1. The van der Waals surface area contributed by atoms with E-state index in [1.165, 1.54) is 37.7 Å². The predicted octanol–water partition coefficient (Wildman–Crippen LogP) is 3.91. The van der Waals surface area contributed by atoms with Crippen LogP contribution < -0.4 is 4.90 Å². The molecular formula is C28H29ClFN5O7. The zero-order valence-electron chi connectivity index (χ0n) is 23.2. The summed E-state index contributed by atoms with van der Waals surface area (Å²) >= 11 is 6.46. The van der Waals surface area contributed by atoms with Crippen molar-refractivity contribution >= 4 is 52.2 Å². The lowest BCUT2D eigenvalue weighted by atomic mass is 9.80. The van der Waals surface area contributed by atoms with E-state index in [2.05, 4.69) is 15.0 Å². The number of hydrogen-bond acceptors (Lipinski definition) is 11. The van der Waals surface area contributed by atoms with Crippen LogP contribution in [0.25, 0.3) is 11.2 Å². The second kappa shape index (κ2) is 10.8. The average molecular weight is 602 g/mol. The summed E-state index contributed by atoms with van der Waals surface area (Å²) in [5.74, 6) is -1.70. The Hall–Kier alpha value is -3.84. The number of carbonyl (C=O) groups excluding carboxylic acids is 3. The molecule has 4 heterocycles. The fourth-order valence-corrected chi connectivity index (χ4v) is 6.71. The molecule has 12 nitrogen and oxygen atoms in total. The maximum atomic E-state index is 15.3. The Bertz CT molecular complexity index is 1580. The van der Waals surface area contributed by atoms with E-state index < -0.39 is 42.4 Å². The van der Waals surface area contributed by atoms with Gasteiger partial charge in [-0.2, -0.15) is 9.97 Å². The van der Waals surface area contributed by atoms with E-state index in [-0.39, 0.29) is 28.8 Å². The Morgan fingerprint density at radius 1 is 1.07 bits per heavy atom. The van der Waals surface area contributed by atoms with Gasteiger partial charge in [0.2, 0.25) is 5.28 Å². The lowest BCUT2D eigenvalue weighted by molar-refractivity contribution is -0.166. The van der Waals surface area contributed by atoms with Crippen molar-refractivity contribution in [3.05, 3.63) is 41.2 Å². The molecule has 1 saturated carbocycles. The van der Waals surface area contributed by atoms with Crippen LogP contribution in [0, 0.1) is 5.82 Å². The first kappa shape index (κ1) is 28.3. The van der Waals surface area contributed by atoms with Gasteiger partial charge >= 0.3 is 17.9 Å². The van der Waals surface area contributed by atoms with Gasteiger partial charge in [-0.3, -0.25) is 19.0 Å². The van der Waals surface area contributed by atoms with Crippen molar-refractivity contribution in [2.45, 2.75) is 76.4 Å². The number of imidazole rings is 1. The Balaban J connectivity index is 1.44. The highest BCUT2D eigenvalue weighted by atomic mass is 35.5. The highest BCUT2D eigenvalue weighted by Gasteiger charge is 2.52. The quantitative estimate of drug-likeness (QED) is 0.231. The molecule has 2 fully saturated rings. The number of hydrogen-bond donors (Lipinski definition) is 0. The molecule has 2 aromatic heterocycles. The SMILES string of the molecule is CC(=O)OC[C@H]1O[C@@H](n2cnc3c(N4CC5(CCCC5)c5c(F)cccc54)nc(Cl)nc32)C(OC(C)=O)[C@H]1OC(C)=O. The van der Waals surface area contributed by atoms with Crippen LogP contribution >= 0.6 is 11.6 Å². The number of ether oxygens (including phenoxy) is 4. The van der Waals surface area contributed by atoms with Crippen molar-refractivity contribution in [3.63, 3.8) is 0 Å². The number of fused-ring (bicyclic) bond motifs is 3. The van der Waals surface area contributed by atoms with E-state index in [1.807, 2.05) is 11.0 Å². The van der Waals surface area contributed by atoms with Crippen molar-refractivity contribution < 1.29 is 37.7 Å². The van der Waals surface area contributed by atoms with Crippen LogP contribution in [0.15, 0.2) is 24.5 Å². The number of nitrogens with zero attached hydrogens (tertiary/aromatic N) is 5. The van der Waals surface area contributed by atoms with Gasteiger partial charge in [0.05, 0.1) is 6.33 Å². The van der Waals surface area contributed by atoms with E-state index in [0.29, 0.717) is 29.1 Å². The Kier molecular flexibility index (Phi) is 7.26. The zero-order chi connectivity index (χ0) is 29.8. The van der Waals surface area contributed by atoms with Crippen molar-refractivity contribution in [1.82, 2.24) is 19.5 Å². The maximum absolute atomic E-state index is 15.3. The minimum atomic E-state index is -1.13. The normalized spacial score (nSPS) is 24.3. The number of benzene rings is 1. The molecule has 3 aromatic rings. The van der Waals surface area contributed by atoms with Crippen molar-refractivity contribution in [2.75, 3.05) is 18.1 Å². The van der Waals surface area contributed by atoms with Gasteiger partial charge in [-0.15, -0.1) is 0 Å². The van der Waals surface area contributed by atoms with Crippen molar-refractivity contribution in [1.29, 1.82) is 0 Å². The second-order valence-electron chi connectivity index (χ2n) is 10.9. The van der Waals surface area contributed by atoms with Crippen LogP contribution in [0.3, 0.4) is 0 Å². The molecule has 14 heteroatoms. The third-order valence-electron chi connectivity index (χ3n) is 8.08. The van der Waals surface area contributed by atoms with Gasteiger partial charge in [-0.25, -0.2) is 9.37 Å². The second-order valence-corrected chi connectivity index (χ2v) is 11.2. The number of carbonyl (C=O) groups is 3. The molecule has 3 aliphatic rings. The maximum Gasteiger partial charge on any atom is 0.303 e. The minimum Gasteiger partial charge on any atom is -0.463 e. The molecule has 6 rings (SSSR count). The van der Waals surface area contributed by atoms with E-state index in [1.54, 1.807) is 6.07 Å². The smallest absolute Gasteiger partial charge is 0.303 e. The van der Waals surface area contributed by atoms with Crippen LogP contribution in [0.2, 0.25) is 5.28 Å². The summed E-state index contributed by atoms with van der Waals surface area (Å²) in [7, 11) is 0. The average Bonchev–Trinajstić information content (AvgIpc) is 3.69. The summed E-state index contributed by atoms with van der Waals surface area (Å²) in [5, 5.41) is -0.0837. The molecule has 1 aliphatic carbocycles. The first-order chi connectivity index (χ1) is 20.1. The molecule has 1 aromatic carbocycles. The lowest BCUT2D eigenvalue weighted by Crippen LogP contribution is -2.40. The monoisotopic (exact) mass is 601 g/mol. The largest absolute Gasteiger partial charge is 0.463 e. The zero-order valence-corrected chi connectivity index (χ0v) is 24.0. The Morgan fingerprint density at radius 2 is 1.79 bits per heavy atom. The molecule has 1 unspecified atom stereocenters. The van der Waals surface area contributed by atoms with Gasteiger partial charge in [0.25, 0.3) is 0 Å². The van der Waals surface area contributed by atoms with Crippen LogP contribution in [0.4, 0.5) is 15.9 Å². The highest BCUT2D eigenvalue weighted by molar-refractivity contribution is 6.28. The number of aromatic nitrogens is 4. The lowest BCUT2D eigenvalue weighted by Gasteiger charge is -2.25. The number of esters is 3. The van der Waals surface area contributed by atoms with Gasteiger partial charge in [-0.1, -0.05) is 18.9 Å². The van der Waals surface area contributed by atoms with Crippen LogP contribution in [-0.2, 0) is 38.7 Å². The van der Waals surface area contributed by atoms with Gasteiger partial charge in [-0.05, 0) is 36.6 Å². The molecule has 222 valence electrons. The Morgan fingerprint density at radius 3 is 2.48 bits per heavy atom. The standard InChI is InChI=1S/C28H29ClFN5O7/c1-14(36)39-11-19-22(40-15(2)37)23(41-16(3)38)26(42-19)35-13-31-21-24(32-27(29)33-25(21)35)34-12-28(9-4-5-10-28)20-17(30)7-6-8-18(20)34/h6-8,13,19,22-23,26H,4-5,9-12H2,1-3H3/t19-,22+,23?,26-/m1/s1. The third kappa shape index (κ3) is 4.83. The van der Waals surface area contributed by atoms with E-state index >= 15 is 4.39 Å². The molecular weight excluding hydrogens is 573 g/mol. The molecule has 0 bridgehead atoms. The first-order valence-electron chi connectivity index (χ1n) is 13.7. The fraction of sp³-hybridized carbons (Fsp3) is 0.500. The van der Waals surface area contributed by atoms with Crippen molar-refractivity contribution in [2.24, 2.45) is 0 Å². The highest BCUT2D eigenvalue weighted by Crippen LogP contribution is 2.53. The summed E-state index contributed by atoms with van der Waals surface area (Å²) in [6.45, 7) is 3.91. The van der Waals surface area contributed by atoms with E-state index in [9.17, 15) is 14.4 Å². The Labute approximate surface area is 245 Å². The summed E-state index contributed by atoms with van der Waals surface area (Å²) in [6, 6.07) is 5.02.